The lowest BCUT2D eigenvalue weighted by Gasteiger charge is -2.71. The number of amides is 1. The second-order valence-corrected chi connectivity index (χ2v) is 19.4. The van der Waals surface area contributed by atoms with Crippen LogP contribution >= 0.6 is 12.6 Å². The van der Waals surface area contributed by atoms with Gasteiger partial charge in [0.2, 0.25) is 0 Å². The molecule has 1 saturated heterocycles. The highest BCUT2D eigenvalue weighted by Gasteiger charge is 2.81. The van der Waals surface area contributed by atoms with Crippen molar-refractivity contribution in [3.63, 3.8) is 0 Å². The molecule has 3 fully saturated rings. The quantitative estimate of drug-likeness (QED) is 0.111. The van der Waals surface area contributed by atoms with Gasteiger partial charge in [0.25, 0.3) is 5.91 Å². The highest BCUT2D eigenvalue weighted by molar-refractivity contribution is 7.84. The van der Waals surface area contributed by atoms with Crippen LogP contribution in [-0.4, -0.2) is 93.6 Å². The molecule has 11 atom stereocenters. The highest BCUT2D eigenvalue weighted by Crippen LogP contribution is 2.71. The van der Waals surface area contributed by atoms with Crippen LogP contribution in [0, 0.1) is 22.2 Å². The highest BCUT2D eigenvalue weighted by atomic mass is 32.1. The maximum atomic E-state index is 15.7. The Hall–Kier alpha value is -5.35. The van der Waals surface area contributed by atoms with Gasteiger partial charge in [-0.1, -0.05) is 94.4 Å². The first-order valence-corrected chi connectivity index (χ1v) is 21.7. The van der Waals surface area contributed by atoms with Gasteiger partial charge >= 0.3 is 23.9 Å². The van der Waals surface area contributed by atoms with E-state index in [1.54, 1.807) is 119 Å². The van der Waals surface area contributed by atoms with Crippen molar-refractivity contribution in [2.24, 2.45) is 22.2 Å². The summed E-state index contributed by atoms with van der Waals surface area (Å²) < 4.78 is 31.4. The molecule has 1 aliphatic heterocycles. The third kappa shape index (κ3) is 7.43. The molecule has 64 heavy (non-hydrogen) atoms. The number of aliphatic hydroxyl groups is 2. The van der Waals surface area contributed by atoms with Crippen LogP contribution in [0.15, 0.2) is 101 Å². The fourth-order valence-corrected chi connectivity index (χ4v) is 11.7. The summed E-state index contributed by atoms with van der Waals surface area (Å²) in [7, 11) is 0. The zero-order valence-electron chi connectivity index (χ0n) is 37.1. The summed E-state index contributed by atoms with van der Waals surface area (Å²) in [5.41, 5.74) is -9.29. The van der Waals surface area contributed by atoms with Crippen molar-refractivity contribution < 1.29 is 62.7 Å². The van der Waals surface area contributed by atoms with Crippen LogP contribution < -0.4 is 5.32 Å². The average molecular weight is 898 g/mol. The number of hydrogen-bond donors (Lipinski definition) is 4. The molecule has 3 aromatic carbocycles. The van der Waals surface area contributed by atoms with E-state index in [9.17, 15) is 34.2 Å². The number of carbonyl (C=O) groups is 6. The molecule has 14 nitrogen and oxygen atoms in total. The molecule has 3 N–H and O–H groups in total. The van der Waals surface area contributed by atoms with Crippen LogP contribution in [0.25, 0.3) is 0 Å². The van der Waals surface area contributed by atoms with Crippen LogP contribution in [0.4, 0.5) is 0 Å². The lowest BCUT2D eigenvalue weighted by molar-refractivity contribution is -0.370. The Labute approximate surface area is 377 Å². The van der Waals surface area contributed by atoms with Crippen LogP contribution in [0.5, 0.6) is 0 Å². The van der Waals surface area contributed by atoms with Gasteiger partial charge in [-0.15, -0.1) is 12.6 Å². The lowest BCUT2D eigenvalue weighted by Crippen LogP contribution is -2.84. The van der Waals surface area contributed by atoms with E-state index in [1.807, 2.05) is 0 Å². The van der Waals surface area contributed by atoms with Crippen LogP contribution in [0.2, 0.25) is 0 Å². The maximum Gasteiger partial charge on any atom is 0.338 e. The Morgan fingerprint density at radius 1 is 0.797 bits per heavy atom. The van der Waals surface area contributed by atoms with Gasteiger partial charge in [0.15, 0.2) is 23.6 Å². The summed E-state index contributed by atoms with van der Waals surface area (Å²) >= 11 is 5.01. The molecule has 15 heteroatoms. The van der Waals surface area contributed by atoms with E-state index in [0.717, 1.165) is 6.92 Å². The molecule has 4 aliphatic rings. The molecule has 0 aromatic heterocycles. The number of aliphatic hydroxyl groups excluding tert-OH is 1. The first-order chi connectivity index (χ1) is 29.9. The number of fused-ring (bicyclic) bond motifs is 5. The Morgan fingerprint density at radius 2 is 1.36 bits per heavy atom. The predicted octanol–water partition coefficient (Wildman–Crippen LogP) is 5.66. The number of benzene rings is 3. The third-order valence-corrected chi connectivity index (χ3v) is 15.2. The third-order valence-electron chi connectivity index (χ3n) is 14.4. The molecule has 1 amide bonds. The zero-order valence-corrected chi connectivity index (χ0v) is 38.0. The molecule has 2 saturated carbocycles. The molecule has 2 unspecified atom stereocenters. The van der Waals surface area contributed by atoms with Crippen molar-refractivity contribution in [1.29, 1.82) is 0 Å². The van der Waals surface area contributed by atoms with Gasteiger partial charge in [-0.05, 0) is 54.7 Å². The lowest BCUT2D eigenvalue weighted by atomic mass is 9.38. The number of Topliss-reactive ketones (excluding diaryl/α,β-unsaturated/α-hetero) is 1. The monoisotopic (exact) mass is 897 g/mol. The van der Waals surface area contributed by atoms with E-state index in [4.69, 9.17) is 36.3 Å². The molecule has 7 rings (SSSR count). The minimum Gasteiger partial charge on any atom is -0.457 e. The summed E-state index contributed by atoms with van der Waals surface area (Å²) in [6.45, 7) is 12.0. The molecule has 340 valence electrons. The maximum absolute atomic E-state index is 15.7. The minimum absolute atomic E-state index is 0.00597. The number of ether oxygens (including phenoxy) is 5. The van der Waals surface area contributed by atoms with E-state index in [1.165, 1.54) is 20.8 Å². The molecular formula is C49H55NO13S. The summed E-state index contributed by atoms with van der Waals surface area (Å²) in [6.07, 6.45) is -6.64. The fourth-order valence-electron chi connectivity index (χ4n) is 11.2. The van der Waals surface area contributed by atoms with Gasteiger partial charge in [-0.3, -0.25) is 19.2 Å². The van der Waals surface area contributed by atoms with Crippen LogP contribution in [0.1, 0.15) is 101 Å². The Bertz CT molecular complexity index is 2390. The minimum atomic E-state index is -2.02. The van der Waals surface area contributed by atoms with E-state index < -0.39 is 105 Å². The Morgan fingerprint density at radius 3 is 1.89 bits per heavy atom. The van der Waals surface area contributed by atoms with Gasteiger partial charge in [0, 0.05) is 42.6 Å². The van der Waals surface area contributed by atoms with E-state index in [0.29, 0.717) is 5.56 Å². The van der Waals surface area contributed by atoms with Gasteiger partial charge in [0.1, 0.15) is 17.8 Å². The van der Waals surface area contributed by atoms with E-state index in [-0.39, 0.29) is 41.1 Å². The Kier molecular flexibility index (Phi) is 12.1. The summed E-state index contributed by atoms with van der Waals surface area (Å²) in [5.74, 6) is -6.48. The van der Waals surface area contributed by atoms with Crippen molar-refractivity contribution in [2.45, 2.75) is 115 Å². The number of nitrogens with one attached hydrogen (secondary N) is 1. The number of thiol groups is 1. The van der Waals surface area contributed by atoms with Crippen LogP contribution in [-0.2, 0) is 42.9 Å². The normalized spacial score (nSPS) is 33.6. The van der Waals surface area contributed by atoms with Crippen LogP contribution in [0.3, 0.4) is 0 Å². The van der Waals surface area contributed by atoms with Gasteiger partial charge in [-0.2, -0.15) is 0 Å². The summed E-state index contributed by atoms with van der Waals surface area (Å²) in [4.78, 5) is 84.8. The van der Waals surface area contributed by atoms with Gasteiger partial charge in [0.05, 0.1) is 35.1 Å². The van der Waals surface area contributed by atoms with E-state index >= 15 is 4.79 Å². The molecular weight excluding hydrogens is 843 g/mol. The van der Waals surface area contributed by atoms with Gasteiger partial charge in [-0.25, -0.2) is 9.59 Å². The van der Waals surface area contributed by atoms with Crippen molar-refractivity contribution in [2.75, 3.05) is 6.61 Å². The number of esters is 4. The van der Waals surface area contributed by atoms with E-state index in [2.05, 4.69) is 5.32 Å². The topological polar surface area (TPSA) is 201 Å². The number of rotatable bonds is 10. The van der Waals surface area contributed by atoms with Crippen molar-refractivity contribution in [1.82, 2.24) is 5.32 Å². The molecule has 1 heterocycles. The summed E-state index contributed by atoms with van der Waals surface area (Å²) in [6, 6.07) is 23.5. The fraction of sp³-hybridized carbons (Fsp3) is 0.469. The standard InChI is InChI=1S/C49H55NO13S/c1-27(51)60-37-33-39(64)47(7,63-42(57)35(53)34(29-18-12-9-13-19-29)50-40(55)30-20-14-10-15-21-30)25-45(5,44(33,3)4)43(61-41(56)31-22-16-11-17-23-31)48(8)38(36(37)54)46(6,58)24-32-49(48,26-59-32)62-28(2)52/h9-23,32,34-35,37-38,43,53,58,64H,24-26H2,1-8H3,(H,50,55)/t32-,34+,35-,37-,38-,43-,45?,46+,47+,48?,49+/m1/s1. The predicted molar refractivity (Wildman–Crippen MR) is 233 cm³/mol. The molecule has 3 aromatic rings. The molecule has 0 spiro atoms. The SMILES string of the molecule is CC(=O)O[C@H]1C(=O)[C@H]2C(C)([C@H](OC(=O)c3ccccc3)C3(C)C[C@](C)(OC(=O)[C@H](O)[C@@H](NC(=O)c4ccccc4)c4ccccc4)C(S)=C1C3(C)C)[C@]1(OC(C)=O)CO[C@@H]1C[C@]2(C)O. The first-order valence-electron chi connectivity index (χ1n) is 21.2. The average Bonchev–Trinajstić information content (AvgIpc) is 3.23. The first kappa shape index (κ1) is 46.6. The number of ketones is 1. The molecule has 0 radical (unpaired) electrons. The molecule has 3 aliphatic carbocycles. The smallest absolute Gasteiger partial charge is 0.338 e. The van der Waals surface area contributed by atoms with Crippen molar-refractivity contribution >= 4 is 48.2 Å². The Balaban J connectivity index is 1.44. The second kappa shape index (κ2) is 16.6. The van der Waals surface area contributed by atoms with Gasteiger partial charge < -0.3 is 39.2 Å². The number of hydrogen-bond acceptors (Lipinski definition) is 14. The largest absolute Gasteiger partial charge is 0.457 e. The molecule has 2 bridgehead atoms. The summed E-state index contributed by atoms with van der Waals surface area (Å²) in [5, 5.41) is 27.3. The van der Waals surface area contributed by atoms with Crippen molar-refractivity contribution in [3.05, 3.63) is 118 Å². The zero-order chi connectivity index (χ0) is 46.8. The number of carbonyl (C=O) groups excluding carboxylic acids is 6. The van der Waals surface area contributed by atoms with Crippen molar-refractivity contribution in [3.8, 4) is 0 Å². The second-order valence-electron chi connectivity index (χ2n) is 18.9.